The summed E-state index contributed by atoms with van der Waals surface area (Å²) in [4.78, 5) is 15.5. The van der Waals surface area contributed by atoms with Crippen molar-refractivity contribution < 1.29 is 4.42 Å². The number of para-hydroxylation sites is 2. The number of nitrogens with zero attached hydrogens (tertiary/aromatic N) is 3. The molecule has 2 heterocycles. The van der Waals surface area contributed by atoms with Gasteiger partial charge in [0.25, 0.3) is 0 Å². The van der Waals surface area contributed by atoms with E-state index in [1.54, 1.807) is 0 Å². The first-order chi connectivity index (χ1) is 30.2. The Bertz CT molecular complexity index is 3630. The largest absolute Gasteiger partial charge is 0.455 e. The van der Waals surface area contributed by atoms with Crippen LogP contribution in [0.2, 0.25) is 0 Å². The molecule has 0 unspecified atom stereocenters. The molecule has 61 heavy (non-hydrogen) atoms. The van der Waals surface area contributed by atoms with Gasteiger partial charge in [0, 0.05) is 21.9 Å². The van der Waals surface area contributed by atoms with Gasteiger partial charge in [-0.1, -0.05) is 194 Å². The predicted octanol–water partition coefficient (Wildman–Crippen LogP) is 15.2. The normalized spacial score (nSPS) is 11.6. The highest BCUT2D eigenvalue weighted by atomic mass is 16.3. The summed E-state index contributed by atoms with van der Waals surface area (Å²) in [6.45, 7) is 0. The Balaban J connectivity index is 0.957. The summed E-state index contributed by atoms with van der Waals surface area (Å²) in [7, 11) is 0. The van der Waals surface area contributed by atoms with Crippen LogP contribution in [0.3, 0.4) is 0 Å². The van der Waals surface area contributed by atoms with Gasteiger partial charge in [-0.2, -0.15) is 0 Å². The van der Waals surface area contributed by atoms with Crippen LogP contribution in [0, 0.1) is 0 Å². The van der Waals surface area contributed by atoms with E-state index in [1.165, 1.54) is 43.4 Å². The smallest absolute Gasteiger partial charge is 0.167 e. The van der Waals surface area contributed by atoms with E-state index < -0.39 is 0 Å². The first kappa shape index (κ1) is 34.8. The molecule has 0 N–H and O–H groups in total. The van der Waals surface area contributed by atoms with Crippen molar-refractivity contribution in [3.63, 3.8) is 0 Å². The molecule has 0 bridgehead atoms. The van der Waals surface area contributed by atoms with Gasteiger partial charge >= 0.3 is 0 Å². The molecule has 0 saturated heterocycles. The number of hydrogen-bond acceptors (Lipinski definition) is 4. The van der Waals surface area contributed by atoms with Crippen molar-refractivity contribution in [1.29, 1.82) is 0 Å². The highest BCUT2D eigenvalue weighted by Gasteiger charge is 2.20. The summed E-state index contributed by atoms with van der Waals surface area (Å²) >= 11 is 0. The molecule has 4 heteroatoms. The van der Waals surface area contributed by atoms with Crippen LogP contribution < -0.4 is 0 Å². The molecule has 12 aromatic rings. The monoisotopic (exact) mass is 777 g/mol. The lowest BCUT2D eigenvalue weighted by Gasteiger charge is -2.14. The number of fused-ring (bicyclic) bond motifs is 7. The fourth-order valence-electron chi connectivity index (χ4n) is 8.99. The Labute approximate surface area is 352 Å². The van der Waals surface area contributed by atoms with Crippen molar-refractivity contribution in [3.05, 3.63) is 212 Å². The number of furan rings is 1. The zero-order valence-corrected chi connectivity index (χ0v) is 33.0. The third-order valence-electron chi connectivity index (χ3n) is 12.0. The quantitative estimate of drug-likeness (QED) is 0.125. The molecular formula is C57H35N3O. The Morgan fingerprint density at radius 1 is 0.279 bits per heavy atom. The van der Waals surface area contributed by atoms with Gasteiger partial charge in [0.05, 0.1) is 5.56 Å². The Hall–Kier alpha value is -8.21. The first-order valence-electron chi connectivity index (χ1n) is 20.6. The molecule has 0 fully saturated rings. The molecule has 284 valence electrons. The minimum Gasteiger partial charge on any atom is -0.455 e. The zero-order chi connectivity index (χ0) is 40.3. The molecule has 0 atom stereocenters. The third-order valence-corrected chi connectivity index (χ3v) is 12.0. The van der Waals surface area contributed by atoms with Crippen LogP contribution in [0.5, 0.6) is 0 Å². The zero-order valence-electron chi connectivity index (χ0n) is 33.0. The van der Waals surface area contributed by atoms with Crippen molar-refractivity contribution in [3.8, 4) is 67.5 Å². The molecule has 2 aromatic heterocycles. The number of aromatic nitrogens is 3. The Morgan fingerprint density at radius 3 is 1.62 bits per heavy atom. The maximum atomic E-state index is 6.48. The van der Waals surface area contributed by atoms with Crippen LogP contribution in [-0.2, 0) is 0 Å². The number of benzene rings is 10. The van der Waals surface area contributed by atoms with Gasteiger partial charge in [0.15, 0.2) is 17.5 Å². The van der Waals surface area contributed by atoms with Gasteiger partial charge < -0.3 is 4.42 Å². The minimum atomic E-state index is 0.557. The number of hydrogen-bond donors (Lipinski definition) is 0. The van der Waals surface area contributed by atoms with E-state index in [2.05, 4.69) is 170 Å². The van der Waals surface area contributed by atoms with Gasteiger partial charge in [-0.25, -0.2) is 15.0 Å². The second-order valence-electron chi connectivity index (χ2n) is 15.5. The van der Waals surface area contributed by atoms with E-state index in [4.69, 9.17) is 19.4 Å². The molecule has 10 aromatic carbocycles. The molecule has 4 nitrogen and oxygen atoms in total. The summed E-state index contributed by atoms with van der Waals surface area (Å²) in [5.74, 6) is 1.75. The van der Waals surface area contributed by atoms with E-state index in [1.807, 2.05) is 42.5 Å². The van der Waals surface area contributed by atoms with Gasteiger partial charge in [0.2, 0.25) is 0 Å². The maximum Gasteiger partial charge on any atom is 0.167 e. The molecule has 0 saturated carbocycles. The van der Waals surface area contributed by atoms with Gasteiger partial charge in [-0.3, -0.25) is 0 Å². The summed E-state index contributed by atoms with van der Waals surface area (Å²) in [5.41, 5.74) is 11.1. The molecule has 0 aliphatic heterocycles. The SMILES string of the molecule is c1ccc(-c2ccccc2-c2nc(-c3ccc(-c4ccc(-c5c6ccccc6cc6c5ccc5ccccc56)cc4)cc3)nc(-c3cccc4c3oc3ccccc34)n2)cc1. The summed E-state index contributed by atoms with van der Waals surface area (Å²) < 4.78 is 6.48. The van der Waals surface area contributed by atoms with Crippen LogP contribution >= 0.6 is 0 Å². The second-order valence-corrected chi connectivity index (χ2v) is 15.5. The molecule has 0 aliphatic carbocycles. The van der Waals surface area contributed by atoms with Crippen molar-refractivity contribution >= 4 is 54.3 Å². The fourth-order valence-corrected chi connectivity index (χ4v) is 8.99. The van der Waals surface area contributed by atoms with Crippen molar-refractivity contribution in [2.75, 3.05) is 0 Å². The molecular weight excluding hydrogens is 743 g/mol. The van der Waals surface area contributed by atoms with E-state index in [-0.39, 0.29) is 0 Å². The van der Waals surface area contributed by atoms with Crippen molar-refractivity contribution in [2.45, 2.75) is 0 Å². The lowest BCUT2D eigenvalue weighted by atomic mass is 9.89. The van der Waals surface area contributed by atoms with Gasteiger partial charge in [0.1, 0.15) is 11.2 Å². The molecule has 0 amide bonds. The Morgan fingerprint density at radius 2 is 0.836 bits per heavy atom. The topological polar surface area (TPSA) is 51.8 Å². The lowest BCUT2D eigenvalue weighted by Crippen LogP contribution is -2.01. The highest BCUT2D eigenvalue weighted by molar-refractivity contribution is 6.20. The second kappa shape index (κ2) is 14.3. The summed E-state index contributed by atoms with van der Waals surface area (Å²) in [6, 6.07) is 74.7. The van der Waals surface area contributed by atoms with E-state index in [0.29, 0.717) is 17.5 Å². The predicted molar refractivity (Wildman–Crippen MR) is 252 cm³/mol. The third kappa shape index (κ3) is 5.96. The van der Waals surface area contributed by atoms with Crippen LogP contribution in [0.15, 0.2) is 217 Å². The van der Waals surface area contributed by atoms with Gasteiger partial charge in [-0.05, 0) is 83.9 Å². The average Bonchev–Trinajstić information content (AvgIpc) is 3.73. The summed E-state index contributed by atoms with van der Waals surface area (Å²) in [5, 5.41) is 9.63. The lowest BCUT2D eigenvalue weighted by molar-refractivity contribution is 0.669. The van der Waals surface area contributed by atoms with E-state index in [0.717, 1.165) is 60.9 Å². The van der Waals surface area contributed by atoms with Crippen molar-refractivity contribution in [1.82, 2.24) is 15.0 Å². The van der Waals surface area contributed by atoms with Gasteiger partial charge in [-0.15, -0.1) is 0 Å². The van der Waals surface area contributed by atoms with Crippen LogP contribution in [-0.4, -0.2) is 15.0 Å². The maximum absolute atomic E-state index is 6.48. The Kier molecular flexibility index (Phi) is 8.13. The fraction of sp³-hybridized carbons (Fsp3) is 0. The van der Waals surface area contributed by atoms with Crippen LogP contribution in [0.25, 0.3) is 122 Å². The van der Waals surface area contributed by atoms with Crippen LogP contribution in [0.4, 0.5) is 0 Å². The molecule has 12 rings (SSSR count). The van der Waals surface area contributed by atoms with E-state index >= 15 is 0 Å². The molecule has 0 aliphatic rings. The summed E-state index contributed by atoms with van der Waals surface area (Å²) in [6.07, 6.45) is 0. The molecule has 0 radical (unpaired) electrons. The number of rotatable bonds is 6. The minimum absolute atomic E-state index is 0.557. The average molecular weight is 778 g/mol. The standard InChI is InChI=1S/C57H35N3O/c1-2-13-38(14-3-1)43-17-8-9-21-49(43)56-58-55(59-57(60-56)50-23-12-22-48-46-20-10-11-24-52(46)61-54(48)50)41-31-27-37(28-32-41)36-25-29-40(30-26-36)53-45-19-7-5-16-42(45)35-51-44-18-6-4-15-39(44)33-34-47(51)53/h1-35H. The van der Waals surface area contributed by atoms with Crippen LogP contribution in [0.1, 0.15) is 0 Å². The highest BCUT2D eigenvalue weighted by Crippen LogP contribution is 2.41. The van der Waals surface area contributed by atoms with Crippen molar-refractivity contribution in [2.24, 2.45) is 0 Å². The van der Waals surface area contributed by atoms with E-state index in [9.17, 15) is 0 Å². The molecule has 0 spiro atoms. The first-order valence-corrected chi connectivity index (χ1v) is 20.6.